The van der Waals surface area contributed by atoms with E-state index in [0.29, 0.717) is 38.2 Å². The fourth-order valence-electron chi connectivity index (χ4n) is 4.29. The molecule has 0 aliphatic carbocycles. The molecule has 1 aromatic heterocycles. The summed E-state index contributed by atoms with van der Waals surface area (Å²) in [5.74, 6) is -1.20. The van der Waals surface area contributed by atoms with Crippen LogP contribution in [0.5, 0.6) is 0 Å². The van der Waals surface area contributed by atoms with E-state index in [4.69, 9.17) is 5.73 Å². The molecule has 0 radical (unpaired) electrons. The average Bonchev–Trinajstić information content (AvgIpc) is 2.91. The van der Waals surface area contributed by atoms with Crippen LogP contribution >= 0.6 is 0 Å². The number of hydrogen-bond donors (Lipinski definition) is 3. The Labute approximate surface area is 238 Å². The van der Waals surface area contributed by atoms with Gasteiger partial charge in [-0.2, -0.15) is 0 Å². The van der Waals surface area contributed by atoms with Gasteiger partial charge in [-0.1, -0.05) is 27.7 Å². The molecule has 1 heterocycles. The molecule has 0 saturated heterocycles. The molecule has 0 saturated carbocycles. The first-order valence-electron chi connectivity index (χ1n) is 13.9. The lowest BCUT2D eigenvalue weighted by Gasteiger charge is -2.34. The van der Waals surface area contributed by atoms with E-state index in [-0.39, 0.29) is 18.3 Å². The number of rotatable bonds is 17. The number of nitrogens with zero attached hydrogens (tertiary/aromatic N) is 5. The van der Waals surface area contributed by atoms with E-state index in [2.05, 4.69) is 20.2 Å². The number of aliphatic hydroxyl groups is 1. The fraction of sp³-hybridized carbons (Fsp3) is 0.714. The molecule has 1 rings (SSSR count). The summed E-state index contributed by atoms with van der Waals surface area (Å²) in [4.78, 5) is 63.9. The molecule has 4 amide bonds. The lowest BCUT2D eigenvalue weighted by atomic mass is 9.97. The minimum atomic E-state index is -0.882. The van der Waals surface area contributed by atoms with Crippen molar-refractivity contribution < 1.29 is 24.3 Å². The van der Waals surface area contributed by atoms with Gasteiger partial charge in [-0.15, -0.1) is 0 Å². The van der Waals surface area contributed by atoms with E-state index in [1.54, 1.807) is 32.3 Å². The maximum absolute atomic E-state index is 13.2. The summed E-state index contributed by atoms with van der Waals surface area (Å²) in [5, 5.41) is 13.3. The molecule has 5 atom stereocenters. The average molecular weight is 564 g/mol. The normalized spacial score (nSPS) is 15.2. The Balaban J connectivity index is 2.65. The van der Waals surface area contributed by atoms with Crippen molar-refractivity contribution in [2.75, 3.05) is 27.7 Å². The van der Waals surface area contributed by atoms with Gasteiger partial charge in [-0.25, -0.2) is 9.97 Å². The van der Waals surface area contributed by atoms with Crippen molar-refractivity contribution in [2.24, 2.45) is 17.6 Å². The van der Waals surface area contributed by atoms with Crippen LogP contribution in [0.4, 0.5) is 0 Å². The number of primary amides is 1. The molecule has 0 spiro atoms. The van der Waals surface area contributed by atoms with Crippen molar-refractivity contribution in [1.82, 2.24) is 30.0 Å². The Morgan fingerprint density at radius 2 is 1.60 bits per heavy atom. The Bertz CT molecular complexity index is 962. The monoisotopic (exact) mass is 563 g/mol. The molecule has 12 heteroatoms. The summed E-state index contributed by atoms with van der Waals surface area (Å²) < 4.78 is 0. The number of carbonyl (C=O) groups is 4. The standard InChI is InChI=1S/C28H49N7O5/c1-9-21(28(40)34(7)20(5)27(39)35(8)22(26(29)38)15-18(2)3)32-25(37)16-23(36)19(4)11-14-33(6)17-24-30-12-10-13-31-24/h10,12-13,18-23,36H,9,11,14-17H2,1-8H3,(H2,29,38)(H,32,37)/t19-,20-,21+,22+,23+/m1/s1. The van der Waals surface area contributed by atoms with Gasteiger partial charge in [0.25, 0.3) is 0 Å². The van der Waals surface area contributed by atoms with E-state index in [9.17, 15) is 24.3 Å². The maximum atomic E-state index is 13.2. The third-order valence-electron chi connectivity index (χ3n) is 7.21. The number of likely N-dealkylation sites (N-methyl/N-ethyl adjacent to an activating group) is 2. The first-order chi connectivity index (χ1) is 18.7. The summed E-state index contributed by atoms with van der Waals surface area (Å²) >= 11 is 0. The van der Waals surface area contributed by atoms with Crippen molar-refractivity contribution in [3.8, 4) is 0 Å². The van der Waals surface area contributed by atoms with Gasteiger partial charge < -0.3 is 26.0 Å². The molecule has 226 valence electrons. The van der Waals surface area contributed by atoms with Gasteiger partial charge in [0.1, 0.15) is 23.9 Å². The summed E-state index contributed by atoms with van der Waals surface area (Å²) in [5.41, 5.74) is 5.52. The van der Waals surface area contributed by atoms with Gasteiger partial charge >= 0.3 is 0 Å². The number of aromatic nitrogens is 2. The van der Waals surface area contributed by atoms with Gasteiger partial charge in [-0.05, 0) is 57.7 Å². The largest absolute Gasteiger partial charge is 0.392 e. The van der Waals surface area contributed by atoms with Crippen LogP contribution in [-0.2, 0) is 25.7 Å². The molecule has 0 aromatic carbocycles. The molecular formula is C28H49N7O5. The number of carbonyl (C=O) groups excluding carboxylic acids is 4. The predicted molar refractivity (Wildman–Crippen MR) is 152 cm³/mol. The molecule has 40 heavy (non-hydrogen) atoms. The molecule has 0 aliphatic heterocycles. The molecule has 0 aliphatic rings. The van der Waals surface area contributed by atoms with Crippen LogP contribution in [0.3, 0.4) is 0 Å². The maximum Gasteiger partial charge on any atom is 0.245 e. The second-order valence-electron chi connectivity index (χ2n) is 11.1. The molecule has 0 unspecified atom stereocenters. The van der Waals surface area contributed by atoms with Gasteiger partial charge in [-0.3, -0.25) is 24.1 Å². The number of amides is 4. The highest BCUT2D eigenvalue weighted by atomic mass is 16.3. The Hall–Kier alpha value is -3.12. The first kappa shape index (κ1) is 34.9. The minimum Gasteiger partial charge on any atom is -0.392 e. The highest BCUT2D eigenvalue weighted by Crippen LogP contribution is 2.15. The zero-order valence-corrected chi connectivity index (χ0v) is 25.3. The quantitative estimate of drug-likeness (QED) is 0.251. The highest BCUT2D eigenvalue weighted by Gasteiger charge is 2.34. The SMILES string of the molecule is CC[C@H](NC(=O)C[C@H](O)[C@H](C)CCN(C)Cc1ncccn1)C(=O)N(C)[C@H](C)C(=O)N(C)[C@@H](CC(C)C)C(N)=O. The number of nitrogens with two attached hydrogens (primary N) is 1. The third-order valence-corrected chi connectivity index (χ3v) is 7.21. The van der Waals surface area contributed by atoms with Crippen molar-refractivity contribution >= 4 is 23.6 Å². The second kappa shape index (κ2) is 16.9. The van der Waals surface area contributed by atoms with Gasteiger partial charge in [0.2, 0.25) is 23.6 Å². The van der Waals surface area contributed by atoms with Crippen LogP contribution < -0.4 is 11.1 Å². The molecule has 0 fully saturated rings. The minimum absolute atomic E-state index is 0.143. The van der Waals surface area contributed by atoms with Crippen molar-refractivity contribution in [2.45, 2.75) is 91.1 Å². The first-order valence-corrected chi connectivity index (χ1v) is 13.9. The molecule has 12 nitrogen and oxygen atoms in total. The van der Waals surface area contributed by atoms with Crippen molar-refractivity contribution in [3.05, 3.63) is 24.3 Å². The van der Waals surface area contributed by atoms with Crippen LogP contribution in [0.25, 0.3) is 0 Å². The van der Waals surface area contributed by atoms with E-state index >= 15 is 0 Å². The number of aliphatic hydroxyl groups excluding tert-OH is 1. The van der Waals surface area contributed by atoms with Crippen molar-refractivity contribution in [3.63, 3.8) is 0 Å². The van der Waals surface area contributed by atoms with Crippen LogP contribution in [0.2, 0.25) is 0 Å². The Morgan fingerprint density at radius 3 is 2.12 bits per heavy atom. The van der Waals surface area contributed by atoms with Gasteiger partial charge in [0.15, 0.2) is 0 Å². The molecule has 0 bridgehead atoms. The summed E-state index contributed by atoms with van der Waals surface area (Å²) in [6, 6.07) is -0.757. The highest BCUT2D eigenvalue weighted by molar-refractivity contribution is 5.93. The van der Waals surface area contributed by atoms with Gasteiger partial charge in [0, 0.05) is 26.5 Å². The lowest BCUT2D eigenvalue weighted by Crippen LogP contribution is -2.56. The Kier molecular flexibility index (Phi) is 14.7. The predicted octanol–water partition coefficient (Wildman–Crippen LogP) is 0.786. The van der Waals surface area contributed by atoms with E-state index in [0.717, 1.165) is 0 Å². The van der Waals surface area contributed by atoms with E-state index in [1.807, 2.05) is 27.8 Å². The summed E-state index contributed by atoms with van der Waals surface area (Å²) in [6.45, 7) is 10.3. The van der Waals surface area contributed by atoms with Crippen molar-refractivity contribution in [1.29, 1.82) is 0 Å². The van der Waals surface area contributed by atoms with E-state index in [1.165, 1.54) is 23.9 Å². The second-order valence-corrected chi connectivity index (χ2v) is 11.1. The van der Waals surface area contributed by atoms with E-state index < -0.39 is 47.9 Å². The molecule has 1 aromatic rings. The van der Waals surface area contributed by atoms with Crippen LogP contribution in [0.1, 0.15) is 66.1 Å². The molecule has 4 N–H and O–H groups in total. The lowest BCUT2D eigenvalue weighted by molar-refractivity contribution is -0.148. The van der Waals surface area contributed by atoms with Crippen LogP contribution in [0.15, 0.2) is 18.5 Å². The van der Waals surface area contributed by atoms with Crippen LogP contribution in [-0.4, -0.2) is 105 Å². The molecular weight excluding hydrogens is 514 g/mol. The summed E-state index contributed by atoms with van der Waals surface area (Å²) in [7, 11) is 4.94. The zero-order valence-electron chi connectivity index (χ0n) is 25.3. The number of hydrogen-bond acceptors (Lipinski definition) is 8. The van der Waals surface area contributed by atoms with Crippen LogP contribution in [0, 0.1) is 11.8 Å². The summed E-state index contributed by atoms with van der Waals surface area (Å²) in [6.07, 6.45) is 3.73. The van der Waals surface area contributed by atoms with Gasteiger partial charge in [0.05, 0.1) is 19.1 Å². The fourth-order valence-corrected chi connectivity index (χ4v) is 4.29. The third kappa shape index (κ3) is 11.2. The topological polar surface area (TPSA) is 162 Å². The number of nitrogens with one attached hydrogen (secondary N) is 1. The Morgan fingerprint density at radius 1 is 1.00 bits per heavy atom. The smallest absolute Gasteiger partial charge is 0.245 e. The zero-order chi connectivity index (χ0) is 30.6.